The molecule has 0 saturated carbocycles. The molecule has 1 heterocycles. The van der Waals surface area contributed by atoms with Crippen molar-refractivity contribution in [1.82, 2.24) is 15.5 Å². The third-order valence-electron chi connectivity index (χ3n) is 4.78. The predicted octanol–water partition coefficient (Wildman–Crippen LogP) is 2.18. The van der Waals surface area contributed by atoms with Gasteiger partial charge in [-0.05, 0) is 31.9 Å². The Morgan fingerprint density at radius 1 is 1.33 bits per heavy atom. The Labute approximate surface area is 182 Å². The number of hydrogen-bond acceptors (Lipinski definition) is 7. The maximum atomic E-state index is 12.7. The maximum Gasteiger partial charge on any atom is 0.228 e. The molecule has 8 nitrogen and oxygen atoms in total. The lowest BCUT2D eigenvalue weighted by Crippen LogP contribution is -2.44. The fraction of sp³-hybridized carbons (Fsp3) is 0.524. The van der Waals surface area contributed by atoms with E-state index in [4.69, 9.17) is 25.8 Å². The van der Waals surface area contributed by atoms with Crippen LogP contribution in [0.15, 0.2) is 29.6 Å². The second kappa shape index (κ2) is 12.4. The molecule has 1 amide bonds. The van der Waals surface area contributed by atoms with Gasteiger partial charge in [0.05, 0.1) is 24.8 Å². The minimum atomic E-state index is -0.247. The molecule has 1 aromatic rings. The number of nitrogens with zero attached hydrogens (tertiary/aromatic N) is 1. The van der Waals surface area contributed by atoms with Crippen LogP contribution in [0.25, 0.3) is 0 Å². The minimum Gasteiger partial charge on any atom is -0.490 e. The van der Waals surface area contributed by atoms with Crippen molar-refractivity contribution in [2.24, 2.45) is 5.92 Å². The largest absolute Gasteiger partial charge is 0.490 e. The molecule has 0 radical (unpaired) electrons. The lowest BCUT2D eigenvalue weighted by atomic mass is 9.97. The summed E-state index contributed by atoms with van der Waals surface area (Å²) in [5.74, 6) is 0.763. The van der Waals surface area contributed by atoms with Gasteiger partial charge in [-0.25, -0.2) is 0 Å². The van der Waals surface area contributed by atoms with Crippen LogP contribution in [0.3, 0.4) is 0 Å². The highest BCUT2D eigenvalue weighted by Gasteiger charge is 2.27. The predicted molar refractivity (Wildman–Crippen MR) is 115 cm³/mol. The molecule has 9 heteroatoms. The average molecular weight is 440 g/mol. The number of ether oxygens (including phenoxy) is 3. The van der Waals surface area contributed by atoms with Gasteiger partial charge in [0.1, 0.15) is 12.4 Å². The smallest absolute Gasteiger partial charge is 0.228 e. The summed E-state index contributed by atoms with van der Waals surface area (Å²) in [4.78, 5) is 26.2. The Kier molecular flexibility index (Phi) is 9.93. The quantitative estimate of drug-likeness (QED) is 0.403. The van der Waals surface area contributed by atoms with Gasteiger partial charge in [-0.15, -0.1) is 0 Å². The summed E-state index contributed by atoms with van der Waals surface area (Å²) in [5, 5.41) is 6.17. The van der Waals surface area contributed by atoms with E-state index in [1.165, 1.54) is 7.11 Å². The molecule has 1 saturated heterocycles. The second-order valence-electron chi connectivity index (χ2n) is 6.90. The number of carbonyl (C=O) groups excluding carboxylic acids is 2. The van der Waals surface area contributed by atoms with Crippen LogP contribution in [-0.2, 0) is 14.3 Å². The standard InChI is InChI=1S/C21H30ClN3O5/c1-4-29-19-8-7-16(22)10-20(19)30-14-25-9-5-6-15(11-25)21(27)24-17(12-26)18(23-2)13-28-3/h7-8,10,12,15,23H,4-6,9,11,13-14H2,1-3H3,(H,24,27)/b18-17+. The Morgan fingerprint density at radius 3 is 2.80 bits per heavy atom. The molecule has 30 heavy (non-hydrogen) atoms. The molecule has 1 aliphatic heterocycles. The molecule has 1 aromatic carbocycles. The number of benzene rings is 1. The SMILES string of the molecule is CCOc1ccc(Cl)cc1OCN1CCCC(C(=O)N/C(C=O)=C(\COC)NC)C1. The van der Waals surface area contributed by atoms with Crippen LogP contribution in [0.1, 0.15) is 19.8 Å². The first-order chi connectivity index (χ1) is 14.5. The van der Waals surface area contributed by atoms with Crippen molar-refractivity contribution in [3.8, 4) is 11.5 Å². The van der Waals surface area contributed by atoms with Crippen LogP contribution in [-0.4, -0.2) is 64.3 Å². The van der Waals surface area contributed by atoms with Crippen molar-refractivity contribution >= 4 is 23.8 Å². The highest BCUT2D eigenvalue weighted by Crippen LogP contribution is 2.31. The fourth-order valence-corrected chi connectivity index (χ4v) is 3.42. The van der Waals surface area contributed by atoms with Gasteiger partial charge >= 0.3 is 0 Å². The van der Waals surface area contributed by atoms with Gasteiger partial charge in [0.15, 0.2) is 17.8 Å². The van der Waals surface area contributed by atoms with E-state index in [0.29, 0.717) is 48.4 Å². The number of methoxy groups -OCH3 is 1. The van der Waals surface area contributed by atoms with Crippen molar-refractivity contribution < 1.29 is 23.8 Å². The van der Waals surface area contributed by atoms with Crippen LogP contribution in [0.2, 0.25) is 5.02 Å². The van der Waals surface area contributed by atoms with Crippen LogP contribution >= 0.6 is 11.6 Å². The molecule has 1 aliphatic rings. The Morgan fingerprint density at radius 2 is 2.13 bits per heavy atom. The van der Waals surface area contributed by atoms with Crippen LogP contribution < -0.4 is 20.1 Å². The first-order valence-corrected chi connectivity index (χ1v) is 10.3. The molecule has 1 atom stereocenters. The number of halogens is 1. The number of carbonyl (C=O) groups is 2. The number of piperidine rings is 1. The fourth-order valence-electron chi connectivity index (χ4n) is 3.26. The number of allylic oxidation sites excluding steroid dienone is 1. The van der Waals surface area contributed by atoms with Gasteiger partial charge in [-0.1, -0.05) is 11.6 Å². The van der Waals surface area contributed by atoms with Crippen molar-refractivity contribution in [1.29, 1.82) is 0 Å². The van der Waals surface area contributed by atoms with Crippen molar-refractivity contribution in [3.05, 3.63) is 34.6 Å². The summed E-state index contributed by atoms with van der Waals surface area (Å²) in [7, 11) is 3.20. The third-order valence-corrected chi connectivity index (χ3v) is 5.01. The van der Waals surface area contributed by atoms with Crippen molar-refractivity contribution in [2.45, 2.75) is 19.8 Å². The Hall–Kier alpha value is -2.29. The zero-order valence-corrected chi connectivity index (χ0v) is 18.5. The van der Waals surface area contributed by atoms with E-state index in [9.17, 15) is 9.59 Å². The maximum absolute atomic E-state index is 12.7. The van der Waals surface area contributed by atoms with E-state index in [-0.39, 0.29) is 24.1 Å². The van der Waals surface area contributed by atoms with E-state index >= 15 is 0 Å². The summed E-state index contributed by atoms with van der Waals surface area (Å²) >= 11 is 6.08. The van der Waals surface area contributed by atoms with E-state index in [1.807, 2.05) is 6.92 Å². The van der Waals surface area contributed by atoms with Crippen LogP contribution in [0.5, 0.6) is 11.5 Å². The molecule has 2 rings (SSSR count). The molecule has 1 fully saturated rings. The Bertz CT molecular complexity index is 756. The number of likely N-dealkylation sites (N-methyl/N-ethyl adjacent to an activating group) is 1. The molecular formula is C21H30ClN3O5. The first kappa shape index (κ1) is 24.0. The molecule has 0 aromatic heterocycles. The second-order valence-corrected chi connectivity index (χ2v) is 7.33. The lowest BCUT2D eigenvalue weighted by molar-refractivity contribution is -0.127. The lowest BCUT2D eigenvalue weighted by Gasteiger charge is -2.31. The van der Waals surface area contributed by atoms with E-state index in [2.05, 4.69) is 15.5 Å². The summed E-state index contributed by atoms with van der Waals surface area (Å²) in [5.41, 5.74) is 0.722. The van der Waals surface area contributed by atoms with Gasteiger partial charge < -0.3 is 24.8 Å². The van der Waals surface area contributed by atoms with Crippen molar-refractivity contribution in [3.63, 3.8) is 0 Å². The van der Waals surface area contributed by atoms with Gasteiger partial charge in [-0.2, -0.15) is 0 Å². The zero-order chi connectivity index (χ0) is 21.9. The van der Waals surface area contributed by atoms with Crippen molar-refractivity contribution in [2.75, 3.05) is 47.2 Å². The molecule has 166 valence electrons. The molecule has 0 spiro atoms. The molecule has 0 bridgehead atoms. The van der Waals surface area contributed by atoms with Gasteiger partial charge in [0.25, 0.3) is 0 Å². The molecule has 0 aliphatic carbocycles. The molecular weight excluding hydrogens is 410 g/mol. The summed E-state index contributed by atoms with van der Waals surface area (Å²) < 4.78 is 16.6. The van der Waals surface area contributed by atoms with Crippen LogP contribution in [0.4, 0.5) is 0 Å². The first-order valence-electron chi connectivity index (χ1n) is 9.95. The molecule has 2 N–H and O–H groups in total. The van der Waals surface area contributed by atoms with Crippen LogP contribution in [0, 0.1) is 5.92 Å². The van der Waals surface area contributed by atoms with E-state index in [1.54, 1.807) is 25.2 Å². The number of hydrogen-bond donors (Lipinski definition) is 2. The third kappa shape index (κ3) is 6.90. The minimum absolute atomic E-state index is 0.191. The average Bonchev–Trinajstić information content (AvgIpc) is 2.76. The highest BCUT2D eigenvalue weighted by atomic mass is 35.5. The normalized spacial score (nSPS) is 17.7. The van der Waals surface area contributed by atoms with E-state index in [0.717, 1.165) is 19.4 Å². The summed E-state index contributed by atoms with van der Waals surface area (Å²) in [6, 6.07) is 5.25. The number of rotatable bonds is 11. The van der Waals surface area contributed by atoms with Gasteiger partial charge in [0.2, 0.25) is 5.91 Å². The summed E-state index contributed by atoms with van der Waals surface area (Å²) in [6.45, 7) is 4.29. The monoisotopic (exact) mass is 439 g/mol. The zero-order valence-electron chi connectivity index (χ0n) is 17.7. The van der Waals surface area contributed by atoms with E-state index < -0.39 is 0 Å². The number of amides is 1. The number of nitrogens with one attached hydrogen (secondary N) is 2. The number of aldehydes is 1. The molecule has 1 unspecified atom stereocenters. The Balaban J connectivity index is 1.98. The highest BCUT2D eigenvalue weighted by molar-refractivity contribution is 6.30. The summed E-state index contributed by atoms with van der Waals surface area (Å²) in [6.07, 6.45) is 2.22. The number of likely N-dealkylation sites (tertiary alicyclic amines) is 1. The topological polar surface area (TPSA) is 89.1 Å². The van der Waals surface area contributed by atoms with Gasteiger partial charge in [0, 0.05) is 38.3 Å². The van der Waals surface area contributed by atoms with Gasteiger partial charge in [-0.3, -0.25) is 14.5 Å².